The van der Waals surface area contributed by atoms with Crippen LogP contribution < -0.4 is 11.2 Å². The summed E-state index contributed by atoms with van der Waals surface area (Å²) in [5, 5.41) is 18.2. The van der Waals surface area contributed by atoms with Crippen molar-refractivity contribution in [1.29, 1.82) is 5.26 Å². The van der Waals surface area contributed by atoms with Crippen molar-refractivity contribution < 1.29 is 22.4 Å². The molecule has 0 fully saturated rings. The second-order valence-corrected chi connectivity index (χ2v) is 7.31. The molecule has 3 rings (SSSR count). The maximum absolute atomic E-state index is 13.3. The summed E-state index contributed by atoms with van der Waals surface area (Å²) in [6.07, 6.45) is -4.78. The standard InChI is InChI=1S/C18H15F4N7OS/c1-9-10(2)28(12-5-3-11(19)4-6-12)15(13(9)7-23)25-14(30)8-31-17-27-26-16(29(17)24)18(20,21)22/h3-6H,8,24H2,1-2H3,(H,25,30). The number of halogens is 4. The Bertz CT molecular complexity index is 1180. The van der Waals surface area contributed by atoms with Gasteiger partial charge < -0.3 is 11.2 Å². The van der Waals surface area contributed by atoms with Gasteiger partial charge in [-0.2, -0.15) is 18.4 Å². The van der Waals surface area contributed by atoms with Crippen molar-refractivity contribution in [3.05, 3.63) is 52.7 Å². The van der Waals surface area contributed by atoms with Crippen LogP contribution in [-0.2, 0) is 11.0 Å². The van der Waals surface area contributed by atoms with Gasteiger partial charge in [0.2, 0.25) is 11.1 Å². The Balaban J connectivity index is 1.85. The quantitative estimate of drug-likeness (QED) is 0.349. The van der Waals surface area contributed by atoms with Gasteiger partial charge in [-0.15, -0.1) is 10.2 Å². The van der Waals surface area contributed by atoms with Crippen LogP contribution in [-0.4, -0.2) is 31.1 Å². The number of thioether (sulfide) groups is 1. The van der Waals surface area contributed by atoms with Crippen molar-refractivity contribution in [2.45, 2.75) is 25.2 Å². The Kier molecular flexibility index (Phi) is 5.94. The molecule has 0 spiro atoms. The molecular weight excluding hydrogens is 438 g/mol. The highest BCUT2D eigenvalue weighted by atomic mass is 32.2. The third kappa shape index (κ3) is 4.33. The molecule has 0 aliphatic heterocycles. The van der Waals surface area contributed by atoms with Crippen molar-refractivity contribution in [3.63, 3.8) is 0 Å². The summed E-state index contributed by atoms with van der Waals surface area (Å²) < 4.78 is 53.4. The van der Waals surface area contributed by atoms with E-state index in [-0.39, 0.29) is 27.0 Å². The van der Waals surface area contributed by atoms with Gasteiger partial charge in [0.15, 0.2) is 0 Å². The summed E-state index contributed by atoms with van der Waals surface area (Å²) in [5.41, 5.74) is 2.00. The molecular formula is C18H15F4N7OS. The molecule has 1 amide bonds. The summed E-state index contributed by atoms with van der Waals surface area (Å²) in [5.74, 6) is 2.73. The molecule has 0 saturated carbocycles. The van der Waals surface area contributed by atoms with E-state index >= 15 is 0 Å². The lowest BCUT2D eigenvalue weighted by Crippen LogP contribution is -2.22. The van der Waals surface area contributed by atoms with Gasteiger partial charge in [-0.3, -0.25) is 9.36 Å². The number of hydrogen-bond donors (Lipinski definition) is 2. The van der Waals surface area contributed by atoms with Crippen molar-refractivity contribution in [2.24, 2.45) is 0 Å². The molecule has 1 aromatic carbocycles. The number of hydrogen-bond acceptors (Lipinski definition) is 6. The van der Waals surface area contributed by atoms with Crippen molar-refractivity contribution >= 4 is 23.5 Å². The summed E-state index contributed by atoms with van der Waals surface area (Å²) in [4.78, 5) is 12.5. The van der Waals surface area contributed by atoms with Crippen LogP contribution in [0.1, 0.15) is 22.6 Å². The Labute approximate surface area is 177 Å². The average Bonchev–Trinajstić information content (AvgIpc) is 3.18. The maximum Gasteiger partial charge on any atom is 0.453 e. The molecule has 0 aliphatic carbocycles. The summed E-state index contributed by atoms with van der Waals surface area (Å²) >= 11 is 0.650. The Morgan fingerprint density at radius 3 is 2.45 bits per heavy atom. The lowest BCUT2D eigenvalue weighted by molar-refractivity contribution is -0.146. The number of nitriles is 1. The minimum atomic E-state index is -4.78. The third-order valence-corrected chi connectivity index (χ3v) is 5.36. The van der Waals surface area contributed by atoms with E-state index in [1.165, 1.54) is 24.3 Å². The highest BCUT2D eigenvalue weighted by Gasteiger charge is 2.38. The molecule has 0 aliphatic rings. The number of anilines is 1. The minimum absolute atomic E-state index is 0.167. The third-order valence-electron chi connectivity index (χ3n) is 4.42. The van der Waals surface area contributed by atoms with Crippen LogP contribution in [0.2, 0.25) is 0 Å². The number of rotatable bonds is 5. The van der Waals surface area contributed by atoms with Crippen LogP contribution in [0, 0.1) is 31.0 Å². The molecule has 2 heterocycles. The van der Waals surface area contributed by atoms with E-state index in [0.29, 0.717) is 28.7 Å². The first-order chi connectivity index (χ1) is 14.5. The predicted molar refractivity (Wildman–Crippen MR) is 104 cm³/mol. The highest BCUT2D eigenvalue weighted by molar-refractivity contribution is 7.99. The van der Waals surface area contributed by atoms with E-state index in [9.17, 15) is 27.6 Å². The van der Waals surface area contributed by atoms with Gasteiger partial charge in [0.05, 0.1) is 11.3 Å². The van der Waals surface area contributed by atoms with Crippen LogP contribution in [0.5, 0.6) is 0 Å². The number of nitrogen functional groups attached to an aromatic ring is 1. The zero-order valence-corrected chi connectivity index (χ0v) is 17.0. The fourth-order valence-electron chi connectivity index (χ4n) is 2.84. The van der Waals surface area contributed by atoms with E-state index in [1.54, 1.807) is 18.4 Å². The van der Waals surface area contributed by atoms with Crippen molar-refractivity contribution in [3.8, 4) is 11.8 Å². The molecule has 0 bridgehead atoms. The van der Waals surface area contributed by atoms with Crippen molar-refractivity contribution in [2.75, 3.05) is 16.9 Å². The zero-order chi connectivity index (χ0) is 22.9. The molecule has 8 nitrogen and oxygen atoms in total. The molecule has 162 valence electrons. The number of carbonyl (C=O) groups is 1. The van der Waals surface area contributed by atoms with Crippen LogP contribution in [0.15, 0.2) is 29.4 Å². The first kappa shape index (κ1) is 22.2. The summed E-state index contributed by atoms with van der Waals surface area (Å²) in [6, 6.07) is 7.48. The van der Waals surface area contributed by atoms with E-state index in [0.717, 1.165) is 0 Å². The smallest absolute Gasteiger partial charge is 0.335 e. The Hall–Kier alpha value is -3.53. The molecule has 0 radical (unpaired) electrons. The van der Waals surface area contributed by atoms with Gasteiger partial charge in [0.25, 0.3) is 5.82 Å². The fraction of sp³-hybridized carbons (Fsp3) is 0.222. The van der Waals surface area contributed by atoms with Crippen LogP contribution >= 0.6 is 11.8 Å². The maximum atomic E-state index is 13.3. The molecule has 0 atom stereocenters. The second-order valence-electron chi connectivity index (χ2n) is 6.37. The molecule has 13 heteroatoms. The monoisotopic (exact) mass is 453 g/mol. The number of benzene rings is 1. The predicted octanol–water partition coefficient (Wildman–Crippen LogP) is 3.16. The number of carbonyl (C=O) groups excluding carboxylic acids is 1. The van der Waals surface area contributed by atoms with E-state index < -0.39 is 23.7 Å². The highest BCUT2D eigenvalue weighted by Crippen LogP contribution is 2.31. The second kappa shape index (κ2) is 8.31. The van der Waals surface area contributed by atoms with Gasteiger partial charge in [-0.1, -0.05) is 11.8 Å². The van der Waals surface area contributed by atoms with Gasteiger partial charge in [0, 0.05) is 11.4 Å². The molecule has 0 saturated heterocycles. The number of aromatic nitrogens is 4. The number of nitrogens with two attached hydrogens (primary N) is 1. The molecule has 3 N–H and O–H groups in total. The normalized spacial score (nSPS) is 11.4. The number of nitrogens with zero attached hydrogens (tertiary/aromatic N) is 5. The van der Waals surface area contributed by atoms with Crippen LogP contribution in [0.25, 0.3) is 5.69 Å². The molecule has 2 aromatic heterocycles. The lowest BCUT2D eigenvalue weighted by atomic mass is 10.2. The topological polar surface area (TPSA) is 115 Å². The van der Waals surface area contributed by atoms with Gasteiger partial charge in [0.1, 0.15) is 17.7 Å². The number of amides is 1. The summed E-state index contributed by atoms with van der Waals surface area (Å²) in [7, 11) is 0. The Morgan fingerprint density at radius 1 is 1.26 bits per heavy atom. The first-order valence-corrected chi connectivity index (χ1v) is 9.61. The van der Waals surface area contributed by atoms with Crippen LogP contribution in [0.4, 0.5) is 23.4 Å². The summed E-state index contributed by atoms with van der Waals surface area (Å²) in [6.45, 7) is 3.44. The molecule has 3 aromatic rings. The number of nitrogens with one attached hydrogen (secondary N) is 1. The minimum Gasteiger partial charge on any atom is -0.335 e. The number of alkyl halides is 3. The average molecular weight is 453 g/mol. The van der Waals surface area contributed by atoms with E-state index in [4.69, 9.17) is 5.84 Å². The van der Waals surface area contributed by atoms with E-state index in [1.807, 2.05) is 6.07 Å². The first-order valence-electron chi connectivity index (χ1n) is 8.62. The van der Waals surface area contributed by atoms with Gasteiger partial charge in [-0.25, -0.2) is 9.07 Å². The van der Waals surface area contributed by atoms with Crippen molar-refractivity contribution in [1.82, 2.24) is 19.4 Å². The Morgan fingerprint density at radius 2 is 1.90 bits per heavy atom. The van der Waals surface area contributed by atoms with Crippen LogP contribution in [0.3, 0.4) is 0 Å². The largest absolute Gasteiger partial charge is 0.453 e. The van der Waals surface area contributed by atoms with Gasteiger partial charge in [-0.05, 0) is 43.7 Å². The zero-order valence-electron chi connectivity index (χ0n) is 16.2. The molecule has 31 heavy (non-hydrogen) atoms. The lowest BCUT2D eigenvalue weighted by Gasteiger charge is -2.13. The van der Waals surface area contributed by atoms with E-state index in [2.05, 4.69) is 15.5 Å². The fourth-order valence-corrected chi connectivity index (χ4v) is 3.50. The SMILES string of the molecule is Cc1c(C#N)c(NC(=O)CSc2nnc(C(F)(F)F)n2N)n(-c2ccc(F)cc2)c1C. The molecule has 0 unspecified atom stereocenters. The van der Waals surface area contributed by atoms with Gasteiger partial charge >= 0.3 is 6.18 Å².